The van der Waals surface area contributed by atoms with Crippen LogP contribution in [0.1, 0.15) is 15.4 Å². The zero-order valence-electron chi connectivity index (χ0n) is 16.4. The molecule has 8 heteroatoms. The summed E-state index contributed by atoms with van der Waals surface area (Å²) in [6.45, 7) is 7.37. The van der Waals surface area contributed by atoms with Crippen LogP contribution in [0.3, 0.4) is 0 Å². The SMILES string of the molecule is CN=C(NCc1ncc(C)s1)N1CC2OCCN(Cc3ccccc3)C2C1.I. The highest BCUT2D eigenvalue weighted by molar-refractivity contribution is 14.0. The molecule has 0 bridgehead atoms. The van der Waals surface area contributed by atoms with Crippen molar-refractivity contribution in [3.63, 3.8) is 0 Å². The molecule has 2 unspecified atom stereocenters. The molecule has 152 valence electrons. The van der Waals surface area contributed by atoms with Gasteiger partial charge in [-0.3, -0.25) is 9.89 Å². The number of guanidine groups is 1. The molecular weight excluding hydrogens is 485 g/mol. The Bertz CT molecular complexity index is 784. The number of hydrogen-bond acceptors (Lipinski definition) is 5. The van der Waals surface area contributed by atoms with Crippen LogP contribution in [0.4, 0.5) is 0 Å². The average molecular weight is 513 g/mol. The fourth-order valence-corrected chi connectivity index (χ4v) is 4.64. The van der Waals surface area contributed by atoms with Gasteiger partial charge in [-0.05, 0) is 12.5 Å². The lowest BCUT2D eigenvalue weighted by molar-refractivity contribution is -0.0502. The second kappa shape index (κ2) is 10.00. The van der Waals surface area contributed by atoms with Gasteiger partial charge in [0.15, 0.2) is 5.96 Å². The van der Waals surface area contributed by atoms with Crippen LogP contribution < -0.4 is 5.32 Å². The highest BCUT2D eigenvalue weighted by atomic mass is 127. The molecule has 0 amide bonds. The van der Waals surface area contributed by atoms with E-state index in [9.17, 15) is 0 Å². The zero-order valence-corrected chi connectivity index (χ0v) is 19.5. The number of halogens is 1. The Morgan fingerprint density at radius 1 is 1.32 bits per heavy atom. The highest BCUT2D eigenvalue weighted by Gasteiger charge is 2.41. The number of rotatable bonds is 4. The number of nitrogens with zero attached hydrogens (tertiary/aromatic N) is 4. The van der Waals surface area contributed by atoms with Crippen LogP contribution in [0, 0.1) is 6.92 Å². The second-order valence-electron chi connectivity index (χ2n) is 7.10. The first-order valence-electron chi connectivity index (χ1n) is 9.49. The van der Waals surface area contributed by atoms with E-state index in [4.69, 9.17) is 4.74 Å². The Kier molecular flexibility index (Phi) is 7.67. The van der Waals surface area contributed by atoms with Gasteiger partial charge in [-0.15, -0.1) is 35.3 Å². The number of aryl methyl sites for hydroxylation is 1. The normalized spacial score (nSPS) is 22.6. The minimum Gasteiger partial charge on any atom is -0.373 e. The van der Waals surface area contributed by atoms with Crippen molar-refractivity contribution in [1.82, 2.24) is 20.1 Å². The van der Waals surface area contributed by atoms with E-state index in [2.05, 4.69) is 62.3 Å². The van der Waals surface area contributed by atoms with E-state index in [1.807, 2.05) is 13.2 Å². The third kappa shape index (κ3) is 5.03. The van der Waals surface area contributed by atoms with E-state index < -0.39 is 0 Å². The minimum atomic E-state index is 0. The van der Waals surface area contributed by atoms with Crippen molar-refractivity contribution in [3.05, 3.63) is 52.0 Å². The lowest BCUT2D eigenvalue weighted by Gasteiger charge is -2.36. The molecule has 0 radical (unpaired) electrons. The maximum atomic E-state index is 6.08. The monoisotopic (exact) mass is 513 g/mol. The number of fused-ring (bicyclic) bond motifs is 1. The van der Waals surface area contributed by atoms with Gasteiger partial charge < -0.3 is 15.0 Å². The van der Waals surface area contributed by atoms with E-state index in [1.54, 1.807) is 11.3 Å². The smallest absolute Gasteiger partial charge is 0.194 e. The highest BCUT2D eigenvalue weighted by Crippen LogP contribution is 2.24. The van der Waals surface area contributed by atoms with Crippen LogP contribution in [-0.2, 0) is 17.8 Å². The molecule has 4 rings (SSSR count). The first-order chi connectivity index (χ1) is 13.2. The number of nitrogens with one attached hydrogen (secondary N) is 1. The van der Waals surface area contributed by atoms with Crippen LogP contribution in [0.5, 0.6) is 0 Å². The van der Waals surface area contributed by atoms with Gasteiger partial charge in [0.25, 0.3) is 0 Å². The second-order valence-corrected chi connectivity index (χ2v) is 8.42. The number of hydrogen-bond donors (Lipinski definition) is 1. The van der Waals surface area contributed by atoms with Crippen LogP contribution in [0.15, 0.2) is 41.5 Å². The summed E-state index contributed by atoms with van der Waals surface area (Å²) in [5.74, 6) is 0.931. The Labute approximate surface area is 188 Å². The van der Waals surface area contributed by atoms with Crippen molar-refractivity contribution in [2.45, 2.75) is 32.2 Å². The number of ether oxygens (including phenoxy) is 1. The summed E-state index contributed by atoms with van der Waals surface area (Å²) in [4.78, 5) is 15.0. The lowest BCUT2D eigenvalue weighted by Crippen LogP contribution is -2.50. The molecule has 28 heavy (non-hydrogen) atoms. The lowest BCUT2D eigenvalue weighted by atomic mass is 10.1. The fourth-order valence-electron chi connectivity index (χ4n) is 3.92. The van der Waals surface area contributed by atoms with Crippen molar-refractivity contribution in [1.29, 1.82) is 0 Å². The molecule has 2 aromatic rings. The minimum absolute atomic E-state index is 0. The molecule has 0 spiro atoms. The van der Waals surface area contributed by atoms with E-state index in [0.717, 1.165) is 43.8 Å². The van der Waals surface area contributed by atoms with E-state index >= 15 is 0 Å². The van der Waals surface area contributed by atoms with Crippen molar-refractivity contribution in [2.75, 3.05) is 33.3 Å². The third-order valence-corrected chi connectivity index (χ3v) is 6.14. The van der Waals surface area contributed by atoms with Gasteiger partial charge in [-0.1, -0.05) is 30.3 Å². The molecule has 6 nitrogen and oxygen atoms in total. The summed E-state index contributed by atoms with van der Waals surface area (Å²) >= 11 is 1.72. The van der Waals surface area contributed by atoms with Crippen LogP contribution >= 0.6 is 35.3 Å². The molecule has 0 saturated carbocycles. The molecule has 2 aliphatic rings. The number of benzene rings is 1. The zero-order chi connectivity index (χ0) is 18.6. The quantitative estimate of drug-likeness (QED) is 0.387. The summed E-state index contributed by atoms with van der Waals surface area (Å²) in [7, 11) is 1.85. The molecule has 2 atom stereocenters. The summed E-state index contributed by atoms with van der Waals surface area (Å²) < 4.78 is 6.08. The summed E-state index contributed by atoms with van der Waals surface area (Å²) in [5, 5.41) is 4.55. The predicted octanol–water partition coefficient (Wildman–Crippen LogP) is 2.73. The fraction of sp³-hybridized carbons (Fsp3) is 0.500. The molecule has 2 aliphatic heterocycles. The molecule has 1 aromatic heterocycles. The average Bonchev–Trinajstić information content (AvgIpc) is 3.30. The first kappa shape index (κ1) is 21.5. The van der Waals surface area contributed by atoms with E-state index in [0.29, 0.717) is 12.6 Å². The molecular formula is C20H28IN5OS. The number of morpholine rings is 1. The summed E-state index contributed by atoms with van der Waals surface area (Å²) in [6, 6.07) is 11.1. The summed E-state index contributed by atoms with van der Waals surface area (Å²) in [6.07, 6.45) is 2.16. The number of aliphatic imine (C=N–C) groups is 1. The van der Waals surface area contributed by atoms with Crippen molar-refractivity contribution in [3.8, 4) is 0 Å². The van der Waals surface area contributed by atoms with Gasteiger partial charge in [-0.25, -0.2) is 4.98 Å². The first-order valence-corrected chi connectivity index (χ1v) is 10.3. The van der Waals surface area contributed by atoms with Gasteiger partial charge in [0.2, 0.25) is 0 Å². The van der Waals surface area contributed by atoms with Gasteiger partial charge in [-0.2, -0.15) is 0 Å². The molecule has 1 aromatic carbocycles. The third-order valence-electron chi connectivity index (χ3n) is 5.22. The van der Waals surface area contributed by atoms with Gasteiger partial charge in [0.1, 0.15) is 5.01 Å². The van der Waals surface area contributed by atoms with Gasteiger partial charge >= 0.3 is 0 Å². The topological polar surface area (TPSA) is 53.0 Å². The maximum Gasteiger partial charge on any atom is 0.194 e. The Morgan fingerprint density at radius 2 is 2.14 bits per heavy atom. The van der Waals surface area contributed by atoms with Crippen molar-refractivity contribution >= 4 is 41.3 Å². The van der Waals surface area contributed by atoms with Gasteiger partial charge in [0.05, 0.1) is 25.3 Å². The van der Waals surface area contributed by atoms with Crippen LogP contribution in [-0.4, -0.2) is 66.2 Å². The maximum absolute atomic E-state index is 6.08. The van der Waals surface area contributed by atoms with E-state index in [1.165, 1.54) is 10.4 Å². The number of thiazole rings is 1. The van der Waals surface area contributed by atoms with Crippen molar-refractivity contribution < 1.29 is 4.74 Å². The number of likely N-dealkylation sites (tertiary alicyclic amines) is 1. The van der Waals surface area contributed by atoms with Gasteiger partial charge in [0, 0.05) is 44.3 Å². The van der Waals surface area contributed by atoms with Crippen LogP contribution in [0.2, 0.25) is 0 Å². The Morgan fingerprint density at radius 3 is 2.86 bits per heavy atom. The Balaban J connectivity index is 0.00000225. The van der Waals surface area contributed by atoms with Crippen molar-refractivity contribution in [2.24, 2.45) is 4.99 Å². The molecule has 0 aliphatic carbocycles. The standard InChI is InChI=1S/C20H27N5OS.HI/c1-15-10-22-19(27-15)11-23-20(21-2)25-13-17-18(14-25)26-9-8-24(17)12-16-6-4-3-5-7-16;/h3-7,10,17-18H,8-9,11-14H2,1-2H3,(H,21,23);1H. The van der Waals surface area contributed by atoms with E-state index in [-0.39, 0.29) is 30.1 Å². The molecule has 2 saturated heterocycles. The summed E-state index contributed by atoms with van der Waals surface area (Å²) in [5.41, 5.74) is 1.36. The molecule has 2 fully saturated rings. The molecule has 1 N–H and O–H groups in total. The largest absolute Gasteiger partial charge is 0.373 e. The predicted molar refractivity (Wildman–Crippen MR) is 124 cm³/mol. The van der Waals surface area contributed by atoms with Crippen LogP contribution in [0.25, 0.3) is 0 Å². The Hall–Kier alpha value is -1.23. The number of aromatic nitrogens is 1. The molecule has 3 heterocycles.